The van der Waals surface area contributed by atoms with Gasteiger partial charge < -0.3 is 15.0 Å². The van der Waals surface area contributed by atoms with Crippen LogP contribution in [0.5, 0.6) is 5.75 Å². The number of hydrogen-bond acceptors (Lipinski definition) is 3. The van der Waals surface area contributed by atoms with Gasteiger partial charge in [0.05, 0.1) is 0 Å². The Balaban J connectivity index is 1.66. The van der Waals surface area contributed by atoms with E-state index in [-0.39, 0.29) is 11.3 Å². The number of nitrogens with zero attached hydrogens (tertiary/aromatic N) is 1. The van der Waals surface area contributed by atoms with Crippen LogP contribution in [-0.2, 0) is 4.79 Å². The number of rotatable bonds is 3. The number of carbonyl (C=O) groups is 1. The summed E-state index contributed by atoms with van der Waals surface area (Å²) in [5.74, 6) is 0.727. The van der Waals surface area contributed by atoms with E-state index in [4.69, 9.17) is 16.3 Å². The van der Waals surface area contributed by atoms with Crippen molar-refractivity contribution in [2.45, 2.75) is 32.3 Å². The van der Waals surface area contributed by atoms with E-state index in [1.54, 1.807) is 24.3 Å². The van der Waals surface area contributed by atoms with Crippen LogP contribution in [0.15, 0.2) is 24.3 Å². The molecule has 5 heteroatoms. The van der Waals surface area contributed by atoms with E-state index in [1.807, 2.05) is 18.7 Å². The molecule has 3 rings (SSSR count). The molecule has 1 amide bonds. The molecule has 1 atom stereocenters. The molecule has 0 aliphatic carbocycles. The van der Waals surface area contributed by atoms with Crippen LogP contribution in [-0.4, -0.2) is 42.6 Å². The van der Waals surface area contributed by atoms with Crippen molar-refractivity contribution in [3.05, 3.63) is 29.3 Å². The van der Waals surface area contributed by atoms with Gasteiger partial charge in [0.25, 0.3) is 5.91 Å². The number of hydrogen-bond donors (Lipinski definition) is 1. The molecular formula is C17H23ClN2O2. The van der Waals surface area contributed by atoms with Gasteiger partial charge in [0.2, 0.25) is 0 Å². The molecule has 0 bridgehead atoms. The Morgan fingerprint density at radius 1 is 1.32 bits per heavy atom. The van der Waals surface area contributed by atoms with Gasteiger partial charge in [-0.25, -0.2) is 0 Å². The molecule has 0 saturated carbocycles. The van der Waals surface area contributed by atoms with Crippen LogP contribution >= 0.6 is 11.6 Å². The van der Waals surface area contributed by atoms with Crippen LogP contribution in [0, 0.1) is 5.41 Å². The first-order chi connectivity index (χ1) is 10.4. The number of nitrogens with one attached hydrogen (secondary N) is 1. The van der Waals surface area contributed by atoms with Crippen LogP contribution in [0.2, 0.25) is 5.02 Å². The predicted octanol–water partition coefficient (Wildman–Crippen LogP) is 2.71. The summed E-state index contributed by atoms with van der Waals surface area (Å²) in [6, 6.07) is 7.13. The monoisotopic (exact) mass is 322 g/mol. The van der Waals surface area contributed by atoms with Crippen molar-refractivity contribution in [2.24, 2.45) is 5.41 Å². The molecule has 2 fully saturated rings. The molecule has 0 aromatic heterocycles. The minimum Gasteiger partial charge on any atom is -0.478 e. The number of ether oxygens (including phenoxy) is 1. The maximum absolute atomic E-state index is 12.8. The van der Waals surface area contributed by atoms with Gasteiger partial charge in [-0.2, -0.15) is 0 Å². The molecule has 1 unspecified atom stereocenters. The number of carbonyl (C=O) groups excluding carboxylic acids is 1. The minimum absolute atomic E-state index is 0.0613. The van der Waals surface area contributed by atoms with E-state index < -0.39 is 5.60 Å². The van der Waals surface area contributed by atoms with E-state index in [0.29, 0.717) is 10.8 Å². The first-order valence-corrected chi connectivity index (χ1v) is 8.23. The second kappa shape index (κ2) is 5.74. The second-order valence-electron chi connectivity index (χ2n) is 6.97. The van der Waals surface area contributed by atoms with Crippen LogP contribution in [0.25, 0.3) is 0 Å². The van der Waals surface area contributed by atoms with Crippen molar-refractivity contribution in [1.82, 2.24) is 10.2 Å². The SMILES string of the molecule is CC(C)(Oc1ccc(Cl)cc1)C(=O)N1CCC2(CCNC2)C1. The number of amides is 1. The Morgan fingerprint density at radius 3 is 2.68 bits per heavy atom. The highest BCUT2D eigenvalue weighted by Gasteiger charge is 2.45. The molecule has 1 aromatic rings. The zero-order valence-corrected chi connectivity index (χ0v) is 13.9. The Labute approximate surface area is 136 Å². The van der Waals surface area contributed by atoms with Gasteiger partial charge in [-0.15, -0.1) is 0 Å². The van der Waals surface area contributed by atoms with E-state index >= 15 is 0 Å². The molecule has 0 radical (unpaired) electrons. The average molecular weight is 323 g/mol. The average Bonchev–Trinajstić information content (AvgIpc) is 3.11. The molecule has 2 aliphatic rings. The molecule has 2 heterocycles. The standard InChI is InChI=1S/C17H23ClN2O2/c1-16(2,22-14-5-3-13(18)4-6-14)15(21)20-10-8-17(12-20)7-9-19-11-17/h3-6,19H,7-12H2,1-2H3. The summed E-state index contributed by atoms with van der Waals surface area (Å²) >= 11 is 5.88. The second-order valence-corrected chi connectivity index (χ2v) is 7.41. The summed E-state index contributed by atoms with van der Waals surface area (Å²) in [6.07, 6.45) is 2.25. The summed E-state index contributed by atoms with van der Waals surface area (Å²) in [5.41, 5.74) is -0.586. The van der Waals surface area contributed by atoms with Gasteiger partial charge in [-0.05, 0) is 57.5 Å². The quantitative estimate of drug-likeness (QED) is 0.930. The fourth-order valence-electron chi connectivity index (χ4n) is 3.47. The van der Waals surface area contributed by atoms with Crippen LogP contribution in [0.3, 0.4) is 0 Å². The van der Waals surface area contributed by atoms with Crippen molar-refractivity contribution < 1.29 is 9.53 Å². The number of halogens is 1. The zero-order valence-electron chi connectivity index (χ0n) is 13.2. The van der Waals surface area contributed by atoms with E-state index in [1.165, 1.54) is 0 Å². The maximum atomic E-state index is 12.8. The summed E-state index contributed by atoms with van der Waals surface area (Å²) in [6.45, 7) is 7.42. The molecule has 1 spiro atoms. The highest BCUT2D eigenvalue weighted by molar-refractivity contribution is 6.30. The van der Waals surface area contributed by atoms with Gasteiger partial charge in [0.15, 0.2) is 5.60 Å². The molecule has 2 saturated heterocycles. The predicted molar refractivity (Wildman–Crippen MR) is 87.3 cm³/mol. The molecular weight excluding hydrogens is 300 g/mol. The lowest BCUT2D eigenvalue weighted by Gasteiger charge is -2.31. The van der Waals surface area contributed by atoms with E-state index in [9.17, 15) is 4.79 Å². The van der Waals surface area contributed by atoms with Crippen molar-refractivity contribution in [2.75, 3.05) is 26.2 Å². The molecule has 2 aliphatic heterocycles. The molecule has 120 valence electrons. The lowest BCUT2D eigenvalue weighted by Crippen LogP contribution is -2.48. The van der Waals surface area contributed by atoms with Crippen molar-refractivity contribution in [1.29, 1.82) is 0 Å². The van der Waals surface area contributed by atoms with Crippen LogP contribution < -0.4 is 10.1 Å². The highest BCUT2D eigenvalue weighted by atomic mass is 35.5. The van der Waals surface area contributed by atoms with Crippen LogP contribution in [0.1, 0.15) is 26.7 Å². The minimum atomic E-state index is -0.870. The molecule has 4 nitrogen and oxygen atoms in total. The highest BCUT2D eigenvalue weighted by Crippen LogP contribution is 2.37. The fraction of sp³-hybridized carbons (Fsp3) is 0.588. The zero-order chi connectivity index (χ0) is 15.8. The third-order valence-electron chi connectivity index (χ3n) is 4.76. The maximum Gasteiger partial charge on any atom is 0.266 e. The van der Waals surface area contributed by atoms with Gasteiger partial charge in [-0.1, -0.05) is 11.6 Å². The summed E-state index contributed by atoms with van der Waals surface area (Å²) in [5, 5.41) is 4.08. The summed E-state index contributed by atoms with van der Waals surface area (Å²) in [7, 11) is 0. The first-order valence-electron chi connectivity index (χ1n) is 7.85. The van der Waals surface area contributed by atoms with Crippen molar-refractivity contribution in [3.63, 3.8) is 0 Å². The number of benzene rings is 1. The first kappa shape index (κ1) is 15.6. The number of likely N-dealkylation sites (tertiary alicyclic amines) is 1. The third-order valence-corrected chi connectivity index (χ3v) is 5.01. The topological polar surface area (TPSA) is 41.6 Å². The Morgan fingerprint density at radius 2 is 2.05 bits per heavy atom. The largest absolute Gasteiger partial charge is 0.478 e. The Bertz CT molecular complexity index is 550. The molecule has 1 N–H and O–H groups in total. The van der Waals surface area contributed by atoms with Gasteiger partial charge in [-0.3, -0.25) is 4.79 Å². The Kier molecular flexibility index (Phi) is 4.08. The Hall–Kier alpha value is -1.26. The molecule has 22 heavy (non-hydrogen) atoms. The summed E-state index contributed by atoms with van der Waals surface area (Å²) in [4.78, 5) is 14.8. The summed E-state index contributed by atoms with van der Waals surface area (Å²) < 4.78 is 5.92. The van der Waals surface area contributed by atoms with Crippen molar-refractivity contribution in [3.8, 4) is 5.75 Å². The lowest BCUT2D eigenvalue weighted by molar-refractivity contribution is -0.144. The van der Waals surface area contributed by atoms with Gasteiger partial charge in [0.1, 0.15) is 5.75 Å². The normalized spacial score (nSPS) is 25.0. The third kappa shape index (κ3) is 3.08. The van der Waals surface area contributed by atoms with E-state index in [2.05, 4.69) is 5.32 Å². The molecule has 1 aromatic carbocycles. The van der Waals surface area contributed by atoms with Gasteiger partial charge >= 0.3 is 0 Å². The smallest absolute Gasteiger partial charge is 0.266 e. The van der Waals surface area contributed by atoms with Gasteiger partial charge in [0, 0.05) is 30.1 Å². The lowest BCUT2D eigenvalue weighted by atomic mass is 9.86. The van der Waals surface area contributed by atoms with Crippen LogP contribution in [0.4, 0.5) is 0 Å². The van der Waals surface area contributed by atoms with Crippen molar-refractivity contribution >= 4 is 17.5 Å². The van der Waals surface area contributed by atoms with E-state index in [0.717, 1.165) is 39.0 Å². The fourth-order valence-corrected chi connectivity index (χ4v) is 3.60.